The Hall–Kier alpha value is -3.43. The summed E-state index contributed by atoms with van der Waals surface area (Å²) >= 11 is 1.48. The van der Waals surface area contributed by atoms with Gasteiger partial charge in [-0.25, -0.2) is 9.37 Å². The lowest BCUT2D eigenvalue weighted by Gasteiger charge is -2.21. The van der Waals surface area contributed by atoms with Gasteiger partial charge in [-0.3, -0.25) is 14.6 Å². The van der Waals surface area contributed by atoms with E-state index >= 15 is 0 Å². The van der Waals surface area contributed by atoms with Crippen molar-refractivity contribution in [3.8, 4) is 22.2 Å². The molecule has 1 fully saturated rings. The van der Waals surface area contributed by atoms with Gasteiger partial charge in [-0.1, -0.05) is 6.07 Å². The van der Waals surface area contributed by atoms with Crippen LogP contribution in [-0.4, -0.2) is 39.2 Å². The Labute approximate surface area is 212 Å². The Balaban J connectivity index is 1.25. The molecule has 36 heavy (non-hydrogen) atoms. The van der Waals surface area contributed by atoms with Crippen molar-refractivity contribution in [3.05, 3.63) is 60.3 Å². The zero-order chi connectivity index (χ0) is 25.1. The average Bonchev–Trinajstić information content (AvgIpc) is 3.47. The van der Waals surface area contributed by atoms with Crippen molar-refractivity contribution >= 4 is 33.1 Å². The summed E-state index contributed by atoms with van der Waals surface area (Å²) in [7, 11) is 1.92. The first-order valence-electron chi connectivity index (χ1n) is 12.0. The first kappa shape index (κ1) is 24.3. The highest BCUT2D eigenvalue weighted by Gasteiger charge is 2.19. The molecule has 0 spiro atoms. The molecule has 0 bridgehead atoms. The number of rotatable bonds is 9. The summed E-state index contributed by atoms with van der Waals surface area (Å²) in [6.45, 7) is 1.84. The number of carbonyl (C=O) groups excluding carboxylic acids is 2. The van der Waals surface area contributed by atoms with Crippen LogP contribution in [0.15, 0.2) is 48.9 Å². The summed E-state index contributed by atoms with van der Waals surface area (Å²) in [6.07, 6.45) is 7.52. The van der Waals surface area contributed by atoms with Crippen LogP contribution in [0.5, 0.6) is 11.5 Å². The molecule has 5 rings (SSSR count). The summed E-state index contributed by atoms with van der Waals surface area (Å²) in [4.78, 5) is 34.4. The summed E-state index contributed by atoms with van der Waals surface area (Å²) < 4.78 is 23.5. The van der Waals surface area contributed by atoms with E-state index in [2.05, 4.69) is 15.3 Å². The zero-order valence-electron chi connectivity index (χ0n) is 20.0. The predicted octanol–water partition coefficient (Wildman–Crippen LogP) is 5.09. The monoisotopic (exact) mass is 506 g/mol. The molecule has 0 saturated carbocycles. The van der Waals surface area contributed by atoms with Crippen molar-refractivity contribution < 1.29 is 18.7 Å². The fraction of sp³-hybridized carbons (Fsp3) is 0.333. The molecule has 1 saturated heterocycles. The number of nitrogens with one attached hydrogen (secondary N) is 1. The first-order valence-corrected chi connectivity index (χ1v) is 12.8. The van der Waals surface area contributed by atoms with Gasteiger partial charge in [0.15, 0.2) is 11.6 Å². The number of fused-ring (bicyclic) bond motifs is 1. The van der Waals surface area contributed by atoms with Crippen molar-refractivity contribution in [2.24, 2.45) is 13.0 Å². The minimum Gasteiger partial charge on any atom is -0.453 e. The van der Waals surface area contributed by atoms with Gasteiger partial charge < -0.3 is 14.6 Å². The standard InChI is InChI=1S/C27H27FN4O3S/c1-32-11-10-31-27(32)25-16-22-26(36-25)24(6-9-30-22)35-23-3-2-18(14-21(23)28)13-20(34)15-19(33)12-17-4-7-29-8-5-17/h2-3,6,9-11,14,16-17,29H,4-5,7-8,12-13,15H2,1H3. The van der Waals surface area contributed by atoms with Crippen LogP contribution in [0.2, 0.25) is 0 Å². The SMILES string of the molecule is Cn1ccnc1-c1cc2nccc(Oc3ccc(CC(=O)CC(=O)CC4CCNCC4)cc3F)c2s1. The molecule has 1 aliphatic heterocycles. The van der Waals surface area contributed by atoms with E-state index < -0.39 is 5.82 Å². The van der Waals surface area contributed by atoms with Crippen LogP contribution in [0.1, 0.15) is 31.2 Å². The normalized spacial score (nSPS) is 14.3. The van der Waals surface area contributed by atoms with E-state index in [1.54, 1.807) is 24.5 Å². The lowest BCUT2D eigenvalue weighted by molar-refractivity contribution is -0.127. The number of hydrogen-bond donors (Lipinski definition) is 1. The Bertz CT molecular complexity index is 1410. The van der Waals surface area contributed by atoms with Gasteiger partial charge in [-0.15, -0.1) is 11.3 Å². The van der Waals surface area contributed by atoms with Gasteiger partial charge in [-0.05, 0) is 55.6 Å². The molecule has 3 aromatic heterocycles. The molecule has 4 heterocycles. The van der Waals surface area contributed by atoms with E-state index in [4.69, 9.17) is 4.74 Å². The second-order valence-corrected chi connectivity index (χ2v) is 10.2. The molecule has 1 aliphatic rings. The molecule has 7 nitrogen and oxygen atoms in total. The third-order valence-electron chi connectivity index (χ3n) is 6.40. The van der Waals surface area contributed by atoms with Gasteiger partial charge in [0, 0.05) is 44.5 Å². The number of aromatic nitrogens is 3. The number of ketones is 2. The highest BCUT2D eigenvalue weighted by molar-refractivity contribution is 7.22. The van der Waals surface area contributed by atoms with E-state index in [0.717, 1.165) is 46.8 Å². The number of ether oxygens (including phenoxy) is 1. The minimum absolute atomic E-state index is 0.0205. The number of aryl methyl sites for hydroxylation is 1. The van der Waals surface area contributed by atoms with E-state index in [-0.39, 0.29) is 30.2 Å². The van der Waals surface area contributed by atoms with Gasteiger partial charge in [0.25, 0.3) is 0 Å². The van der Waals surface area contributed by atoms with Crippen LogP contribution in [0.4, 0.5) is 4.39 Å². The van der Waals surface area contributed by atoms with Crippen molar-refractivity contribution in [3.63, 3.8) is 0 Å². The summed E-state index contributed by atoms with van der Waals surface area (Å²) in [6, 6.07) is 8.13. The molecule has 1 N–H and O–H groups in total. The van der Waals surface area contributed by atoms with Crippen molar-refractivity contribution in [1.82, 2.24) is 19.9 Å². The third kappa shape index (κ3) is 5.52. The molecule has 1 aromatic carbocycles. The highest BCUT2D eigenvalue weighted by atomic mass is 32.1. The van der Waals surface area contributed by atoms with Gasteiger partial charge >= 0.3 is 0 Å². The van der Waals surface area contributed by atoms with Crippen molar-refractivity contribution in [2.75, 3.05) is 13.1 Å². The number of hydrogen-bond acceptors (Lipinski definition) is 7. The quantitative estimate of drug-likeness (QED) is 0.318. The van der Waals surface area contributed by atoms with Crippen molar-refractivity contribution in [1.29, 1.82) is 0 Å². The van der Waals surface area contributed by atoms with Gasteiger partial charge in [-0.2, -0.15) is 0 Å². The zero-order valence-corrected chi connectivity index (χ0v) is 20.8. The Morgan fingerprint density at radius 1 is 1.11 bits per heavy atom. The molecular weight excluding hydrogens is 479 g/mol. The number of piperidine rings is 1. The maximum absolute atomic E-state index is 14.9. The molecule has 9 heteroatoms. The highest BCUT2D eigenvalue weighted by Crippen LogP contribution is 2.39. The van der Waals surface area contributed by atoms with Crippen LogP contribution in [0.25, 0.3) is 20.9 Å². The number of nitrogens with zero attached hydrogens (tertiary/aromatic N) is 3. The second-order valence-electron chi connectivity index (χ2n) is 9.19. The molecule has 0 aliphatic carbocycles. The fourth-order valence-electron chi connectivity index (χ4n) is 4.55. The Kier molecular flexibility index (Phi) is 7.20. The van der Waals surface area contributed by atoms with E-state index in [1.165, 1.54) is 23.5 Å². The van der Waals surface area contributed by atoms with Crippen LogP contribution >= 0.6 is 11.3 Å². The van der Waals surface area contributed by atoms with E-state index in [9.17, 15) is 14.0 Å². The predicted molar refractivity (Wildman–Crippen MR) is 137 cm³/mol. The smallest absolute Gasteiger partial charge is 0.166 e. The maximum atomic E-state index is 14.9. The molecule has 0 amide bonds. The Morgan fingerprint density at radius 3 is 2.69 bits per heavy atom. The summed E-state index contributed by atoms with van der Waals surface area (Å²) in [5.74, 6) is 0.936. The Morgan fingerprint density at radius 2 is 1.94 bits per heavy atom. The maximum Gasteiger partial charge on any atom is 0.166 e. The van der Waals surface area contributed by atoms with Crippen LogP contribution in [0, 0.1) is 11.7 Å². The van der Waals surface area contributed by atoms with Gasteiger partial charge in [0.1, 0.15) is 23.1 Å². The van der Waals surface area contributed by atoms with Crippen LogP contribution < -0.4 is 10.1 Å². The molecular formula is C27H27FN4O3S. The van der Waals surface area contributed by atoms with Crippen LogP contribution in [-0.2, 0) is 23.1 Å². The van der Waals surface area contributed by atoms with Gasteiger partial charge in [0.2, 0.25) is 0 Å². The summed E-state index contributed by atoms with van der Waals surface area (Å²) in [5, 5.41) is 3.27. The van der Waals surface area contributed by atoms with E-state index in [0.29, 0.717) is 23.7 Å². The lowest BCUT2D eigenvalue weighted by atomic mass is 9.91. The van der Waals surface area contributed by atoms with Crippen LogP contribution in [0.3, 0.4) is 0 Å². The lowest BCUT2D eigenvalue weighted by Crippen LogP contribution is -2.29. The molecule has 0 unspecified atom stereocenters. The molecule has 186 valence electrons. The number of pyridine rings is 1. The molecule has 0 radical (unpaired) electrons. The van der Waals surface area contributed by atoms with Crippen molar-refractivity contribution in [2.45, 2.75) is 32.1 Å². The number of thiophene rings is 1. The molecule has 0 atom stereocenters. The number of imidazole rings is 1. The van der Waals surface area contributed by atoms with Gasteiger partial charge in [0.05, 0.1) is 21.5 Å². The second kappa shape index (κ2) is 10.7. The van der Waals surface area contributed by atoms with E-state index in [1.807, 2.05) is 23.9 Å². The molecule has 4 aromatic rings. The number of Topliss-reactive ketones (excluding diaryl/α,β-unsaturated/α-hetero) is 2. The minimum atomic E-state index is -0.563. The number of benzene rings is 1. The number of halogens is 1. The number of carbonyl (C=O) groups is 2. The topological polar surface area (TPSA) is 86.1 Å². The third-order valence-corrected chi connectivity index (χ3v) is 7.54. The average molecular weight is 507 g/mol. The first-order chi connectivity index (χ1) is 17.5. The summed E-state index contributed by atoms with van der Waals surface area (Å²) in [5.41, 5.74) is 1.26. The largest absolute Gasteiger partial charge is 0.453 e. The fourth-order valence-corrected chi connectivity index (χ4v) is 5.66.